The van der Waals surface area contributed by atoms with Crippen LogP contribution in [0.4, 0.5) is 0 Å². The molecule has 0 aliphatic carbocycles. The molecule has 0 atom stereocenters. The number of carbonyl (C=O) groups excluding carboxylic acids is 1. The number of aromatic amines is 1. The summed E-state index contributed by atoms with van der Waals surface area (Å²) in [4.78, 5) is 32.2. The zero-order chi connectivity index (χ0) is 16.6. The lowest BCUT2D eigenvalue weighted by Gasteiger charge is -2.01. The molecule has 3 aromatic heterocycles. The van der Waals surface area contributed by atoms with Crippen LogP contribution < -0.4 is 5.56 Å². The molecule has 0 saturated heterocycles. The summed E-state index contributed by atoms with van der Waals surface area (Å²) in [5.74, 6) is 0.510. The Morgan fingerprint density at radius 2 is 2.30 bits per heavy atom. The molecule has 23 heavy (non-hydrogen) atoms. The minimum absolute atomic E-state index is 0.257. The maximum atomic E-state index is 12.3. The van der Waals surface area contributed by atoms with Crippen LogP contribution >= 0.6 is 23.1 Å². The molecular weight excluding hydrogens is 338 g/mol. The zero-order valence-electron chi connectivity index (χ0n) is 12.6. The van der Waals surface area contributed by atoms with Crippen LogP contribution in [0, 0.1) is 6.92 Å². The molecule has 8 nitrogen and oxygen atoms in total. The van der Waals surface area contributed by atoms with Gasteiger partial charge in [-0.3, -0.25) is 4.79 Å². The van der Waals surface area contributed by atoms with E-state index in [2.05, 4.69) is 20.2 Å². The standard InChI is InChI=1S/C13H13N5O3S2/c1-6-8-10(19)15-7(4-22-13-17-14-5-18(13)2)16-11(8)23-9(6)12(20)21-3/h5H,4H2,1-3H3,(H,15,16,19). The number of esters is 1. The van der Waals surface area contributed by atoms with Crippen LogP contribution in [0.25, 0.3) is 10.2 Å². The third-order valence-corrected chi connectivity index (χ3v) is 5.44. The molecule has 10 heteroatoms. The van der Waals surface area contributed by atoms with Gasteiger partial charge in [-0.2, -0.15) is 0 Å². The minimum Gasteiger partial charge on any atom is -0.465 e. The SMILES string of the molecule is COC(=O)c1sc2nc(CSc3nncn3C)[nH]c(=O)c2c1C. The fraction of sp³-hybridized carbons (Fsp3) is 0.308. The van der Waals surface area contributed by atoms with Crippen molar-refractivity contribution < 1.29 is 9.53 Å². The number of hydrogen-bond acceptors (Lipinski definition) is 8. The van der Waals surface area contributed by atoms with Gasteiger partial charge < -0.3 is 14.3 Å². The molecule has 0 aliphatic rings. The second-order valence-electron chi connectivity index (χ2n) is 4.75. The van der Waals surface area contributed by atoms with Crippen LogP contribution in [-0.2, 0) is 17.5 Å². The van der Waals surface area contributed by atoms with Gasteiger partial charge >= 0.3 is 5.97 Å². The molecule has 0 aliphatic heterocycles. The van der Waals surface area contributed by atoms with E-state index in [1.54, 1.807) is 17.8 Å². The van der Waals surface area contributed by atoms with E-state index in [4.69, 9.17) is 4.74 Å². The van der Waals surface area contributed by atoms with E-state index >= 15 is 0 Å². The Morgan fingerprint density at radius 1 is 1.52 bits per heavy atom. The summed E-state index contributed by atoms with van der Waals surface area (Å²) in [6, 6.07) is 0. The summed E-state index contributed by atoms with van der Waals surface area (Å²) < 4.78 is 6.52. The summed E-state index contributed by atoms with van der Waals surface area (Å²) in [7, 11) is 3.15. The number of nitrogens with one attached hydrogen (secondary N) is 1. The Balaban J connectivity index is 1.96. The second-order valence-corrected chi connectivity index (χ2v) is 6.70. The summed E-state index contributed by atoms with van der Waals surface area (Å²) in [6.07, 6.45) is 1.60. The quantitative estimate of drug-likeness (QED) is 0.561. The van der Waals surface area contributed by atoms with Crippen molar-refractivity contribution in [2.75, 3.05) is 7.11 Å². The van der Waals surface area contributed by atoms with Crippen molar-refractivity contribution in [3.8, 4) is 0 Å². The molecule has 0 aromatic carbocycles. The molecule has 1 N–H and O–H groups in total. The van der Waals surface area contributed by atoms with E-state index < -0.39 is 5.97 Å². The number of aryl methyl sites for hydroxylation is 2. The number of thiophene rings is 1. The van der Waals surface area contributed by atoms with E-state index in [1.165, 1.54) is 18.9 Å². The Bertz CT molecular complexity index is 943. The maximum absolute atomic E-state index is 12.3. The Hall–Kier alpha value is -2.20. The fourth-order valence-corrected chi connectivity index (χ4v) is 3.96. The van der Waals surface area contributed by atoms with Gasteiger partial charge in [0.1, 0.15) is 21.9 Å². The first kappa shape index (κ1) is 15.7. The molecule has 3 rings (SSSR count). The van der Waals surface area contributed by atoms with Gasteiger partial charge in [-0.25, -0.2) is 9.78 Å². The van der Waals surface area contributed by atoms with Crippen molar-refractivity contribution in [2.45, 2.75) is 17.8 Å². The van der Waals surface area contributed by atoms with Crippen molar-refractivity contribution >= 4 is 39.3 Å². The van der Waals surface area contributed by atoms with Crippen LogP contribution in [0.2, 0.25) is 0 Å². The van der Waals surface area contributed by atoms with Crippen LogP contribution in [0.5, 0.6) is 0 Å². The topological polar surface area (TPSA) is 103 Å². The smallest absolute Gasteiger partial charge is 0.348 e. The van der Waals surface area contributed by atoms with Crippen LogP contribution in [0.1, 0.15) is 21.1 Å². The molecule has 0 saturated carbocycles. The first-order chi connectivity index (χ1) is 11.0. The molecule has 0 spiro atoms. The van der Waals surface area contributed by atoms with Gasteiger partial charge in [-0.15, -0.1) is 21.5 Å². The average molecular weight is 351 g/mol. The highest BCUT2D eigenvalue weighted by molar-refractivity contribution is 7.98. The molecule has 3 heterocycles. The van der Waals surface area contributed by atoms with E-state index in [0.717, 1.165) is 16.5 Å². The van der Waals surface area contributed by atoms with Gasteiger partial charge in [0.25, 0.3) is 5.56 Å². The molecule has 0 unspecified atom stereocenters. The normalized spacial score (nSPS) is 11.1. The van der Waals surface area contributed by atoms with Gasteiger partial charge in [0, 0.05) is 7.05 Å². The number of methoxy groups -OCH3 is 1. The van der Waals surface area contributed by atoms with Crippen molar-refractivity contribution in [3.63, 3.8) is 0 Å². The lowest BCUT2D eigenvalue weighted by molar-refractivity contribution is 0.0605. The third-order valence-electron chi connectivity index (χ3n) is 3.23. The third kappa shape index (κ3) is 2.86. The van der Waals surface area contributed by atoms with Gasteiger partial charge in [0.15, 0.2) is 5.16 Å². The number of aromatic nitrogens is 5. The highest BCUT2D eigenvalue weighted by Crippen LogP contribution is 2.28. The summed E-state index contributed by atoms with van der Waals surface area (Å²) in [6.45, 7) is 1.72. The van der Waals surface area contributed by atoms with Crippen molar-refractivity contribution in [3.05, 3.63) is 32.9 Å². The van der Waals surface area contributed by atoms with Crippen molar-refractivity contribution in [1.82, 2.24) is 24.7 Å². The van der Waals surface area contributed by atoms with Crippen LogP contribution in [0.3, 0.4) is 0 Å². The highest BCUT2D eigenvalue weighted by atomic mass is 32.2. The average Bonchev–Trinajstić information content (AvgIpc) is 3.08. The molecular formula is C13H13N5O3S2. The Kier molecular flexibility index (Phi) is 4.18. The number of thioether (sulfide) groups is 1. The largest absolute Gasteiger partial charge is 0.465 e. The van der Waals surface area contributed by atoms with Crippen molar-refractivity contribution in [2.24, 2.45) is 7.05 Å². The van der Waals surface area contributed by atoms with Crippen LogP contribution in [0.15, 0.2) is 16.3 Å². The van der Waals surface area contributed by atoms with E-state index in [1.807, 2.05) is 7.05 Å². The summed E-state index contributed by atoms with van der Waals surface area (Å²) in [5.41, 5.74) is 0.338. The number of fused-ring (bicyclic) bond motifs is 1. The number of hydrogen-bond donors (Lipinski definition) is 1. The number of rotatable bonds is 4. The monoisotopic (exact) mass is 351 g/mol. The summed E-state index contributed by atoms with van der Waals surface area (Å²) in [5, 5.41) is 8.92. The highest BCUT2D eigenvalue weighted by Gasteiger charge is 2.19. The fourth-order valence-electron chi connectivity index (χ4n) is 2.08. The van der Waals surface area contributed by atoms with Gasteiger partial charge in [-0.05, 0) is 12.5 Å². The van der Waals surface area contributed by atoms with E-state index in [9.17, 15) is 9.59 Å². The van der Waals surface area contributed by atoms with Crippen LogP contribution in [-0.4, -0.2) is 37.8 Å². The van der Waals surface area contributed by atoms with Gasteiger partial charge in [-0.1, -0.05) is 11.8 Å². The molecule has 0 fully saturated rings. The molecule has 0 radical (unpaired) electrons. The van der Waals surface area contributed by atoms with Gasteiger partial charge in [0.2, 0.25) is 0 Å². The van der Waals surface area contributed by atoms with E-state index in [0.29, 0.717) is 32.2 Å². The first-order valence-corrected chi connectivity index (χ1v) is 8.39. The van der Waals surface area contributed by atoms with E-state index in [-0.39, 0.29) is 5.56 Å². The molecule has 0 amide bonds. The number of carbonyl (C=O) groups is 1. The van der Waals surface area contributed by atoms with Gasteiger partial charge in [0.05, 0.1) is 18.2 Å². The Morgan fingerprint density at radius 3 is 2.96 bits per heavy atom. The number of H-pyrrole nitrogens is 1. The molecule has 0 bridgehead atoms. The predicted octanol–water partition coefficient (Wildman–Crippen LogP) is 1.50. The molecule has 3 aromatic rings. The predicted molar refractivity (Wildman–Crippen MR) is 86.9 cm³/mol. The lowest BCUT2D eigenvalue weighted by Crippen LogP contribution is -2.11. The molecule has 120 valence electrons. The number of ether oxygens (including phenoxy) is 1. The Labute approximate surface area is 138 Å². The first-order valence-electron chi connectivity index (χ1n) is 6.58. The number of nitrogens with zero attached hydrogens (tertiary/aromatic N) is 4. The zero-order valence-corrected chi connectivity index (χ0v) is 14.2. The minimum atomic E-state index is -0.458. The lowest BCUT2D eigenvalue weighted by atomic mass is 10.2. The summed E-state index contributed by atoms with van der Waals surface area (Å²) >= 11 is 2.58. The second kappa shape index (κ2) is 6.13. The van der Waals surface area contributed by atoms with Crippen molar-refractivity contribution in [1.29, 1.82) is 0 Å². The maximum Gasteiger partial charge on any atom is 0.348 e.